The van der Waals surface area contributed by atoms with Crippen LogP contribution < -0.4 is 5.32 Å². The van der Waals surface area contributed by atoms with Gasteiger partial charge in [0, 0.05) is 11.3 Å². The molecule has 4 nitrogen and oxygen atoms in total. The van der Waals surface area contributed by atoms with Gasteiger partial charge in [0.05, 0.1) is 17.1 Å². The summed E-state index contributed by atoms with van der Waals surface area (Å²) in [5, 5.41) is 3.15. The van der Waals surface area contributed by atoms with E-state index >= 15 is 0 Å². The van der Waals surface area contributed by atoms with Gasteiger partial charge >= 0.3 is 0 Å². The van der Waals surface area contributed by atoms with Crippen LogP contribution in [0.15, 0.2) is 59.5 Å². The molecule has 3 aromatic rings. The number of aromatic nitrogens is 2. The number of rotatable bonds is 8. The van der Waals surface area contributed by atoms with Crippen molar-refractivity contribution in [2.75, 3.05) is 5.75 Å². The highest BCUT2D eigenvalue weighted by atomic mass is 32.2. The van der Waals surface area contributed by atoms with Gasteiger partial charge in [0.2, 0.25) is 5.91 Å². The van der Waals surface area contributed by atoms with Crippen molar-refractivity contribution in [2.45, 2.75) is 37.6 Å². The van der Waals surface area contributed by atoms with Gasteiger partial charge in [-0.05, 0) is 42.4 Å². The predicted octanol–water partition coefficient (Wildman–Crippen LogP) is 4.95. The summed E-state index contributed by atoms with van der Waals surface area (Å²) in [7, 11) is 0. The number of hydrogen-bond donors (Lipinski definition) is 2. The summed E-state index contributed by atoms with van der Waals surface area (Å²) in [4.78, 5) is 21.6. The number of benzene rings is 2. The molecule has 0 fully saturated rings. The summed E-state index contributed by atoms with van der Waals surface area (Å²) >= 11 is 1.79. The predicted molar refractivity (Wildman–Crippen MR) is 108 cm³/mol. The van der Waals surface area contributed by atoms with Crippen LogP contribution in [-0.2, 0) is 4.79 Å². The van der Waals surface area contributed by atoms with E-state index in [1.807, 2.05) is 42.5 Å². The van der Waals surface area contributed by atoms with Crippen molar-refractivity contribution in [3.05, 3.63) is 60.4 Å². The maximum Gasteiger partial charge on any atom is 0.220 e. The van der Waals surface area contributed by atoms with Gasteiger partial charge in [-0.2, -0.15) is 0 Å². The van der Waals surface area contributed by atoms with E-state index in [1.165, 1.54) is 4.90 Å². The molecule has 0 aliphatic heterocycles. The first-order valence-electron chi connectivity index (χ1n) is 9.05. The van der Waals surface area contributed by atoms with Gasteiger partial charge < -0.3 is 10.3 Å². The van der Waals surface area contributed by atoms with Crippen molar-refractivity contribution in [2.24, 2.45) is 5.92 Å². The van der Waals surface area contributed by atoms with Gasteiger partial charge in [-0.25, -0.2) is 4.98 Å². The fourth-order valence-corrected chi connectivity index (χ4v) is 3.73. The average Bonchev–Trinajstić information content (AvgIpc) is 3.07. The first-order valence-corrected chi connectivity index (χ1v) is 10.0. The number of nitrogens with zero attached hydrogens (tertiary/aromatic N) is 1. The Balaban J connectivity index is 1.53. The fourth-order valence-electron chi connectivity index (χ4n) is 2.86. The molecule has 2 N–H and O–H groups in total. The molecule has 3 rings (SSSR count). The van der Waals surface area contributed by atoms with Gasteiger partial charge in [0.1, 0.15) is 5.82 Å². The smallest absolute Gasteiger partial charge is 0.220 e. The number of para-hydroxylation sites is 2. The lowest BCUT2D eigenvalue weighted by molar-refractivity contribution is -0.122. The van der Waals surface area contributed by atoms with Crippen molar-refractivity contribution in [3.63, 3.8) is 0 Å². The Morgan fingerprint density at radius 1 is 1.12 bits per heavy atom. The van der Waals surface area contributed by atoms with Gasteiger partial charge in [-0.15, -0.1) is 11.8 Å². The number of fused-ring (bicyclic) bond motifs is 1. The highest BCUT2D eigenvalue weighted by Crippen LogP contribution is 2.23. The molecule has 0 bridgehead atoms. The van der Waals surface area contributed by atoms with Crippen molar-refractivity contribution in [1.29, 1.82) is 0 Å². The molecule has 0 saturated carbocycles. The van der Waals surface area contributed by atoms with E-state index in [0.29, 0.717) is 6.42 Å². The Bertz CT molecular complexity index is 812. The van der Waals surface area contributed by atoms with Crippen molar-refractivity contribution in [3.8, 4) is 0 Å². The van der Waals surface area contributed by atoms with Crippen LogP contribution in [0.5, 0.6) is 0 Å². The largest absolute Gasteiger partial charge is 0.346 e. The molecule has 136 valence electrons. The third kappa shape index (κ3) is 4.88. The van der Waals surface area contributed by atoms with Crippen LogP contribution in [0.2, 0.25) is 0 Å². The molecule has 1 atom stereocenters. The number of H-pyrrole nitrogens is 1. The molecule has 1 aromatic heterocycles. The summed E-state index contributed by atoms with van der Waals surface area (Å²) in [5.74, 6) is 2.11. The lowest BCUT2D eigenvalue weighted by Crippen LogP contribution is -2.32. The standard InChI is InChI=1S/C21H25N3OS/c1-15(2)20(21-22-17-11-6-7-12-18(17)23-21)24-19(25)13-8-14-26-16-9-4-3-5-10-16/h3-7,9-12,15,20H,8,13-14H2,1-2H3,(H,22,23)(H,24,25)/t20-/m1/s1. The number of imidazole rings is 1. The molecule has 0 spiro atoms. The van der Waals surface area contributed by atoms with Gasteiger partial charge in [-0.3, -0.25) is 4.79 Å². The minimum atomic E-state index is -0.100. The Labute approximate surface area is 158 Å². The number of thioether (sulfide) groups is 1. The minimum Gasteiger partial charge on any atom is -0.346 e. The Morgan fingerprint density at radius 3 is 2.58 bits per heavy atom. The topological polar surface area (TPSA) is 57.8 Å². The molecule has 26 heavy (non-hydrogen) atoms. The third-order valence-corrected chi connectivity index (χ3v) is 5.34. The van der Waals surface area contributed by atoms with Crippen molar-refractivity contribution < 1.29 is 4.79 Å². The second kappa shape index (κ2) is 8.90. The monoisotopic (exact) mass is 367 g/mol. The SMILES string of the molecule is CC(C)[C@@H](NC(=O)CCCSc1ccccc1)c1nc2ccccc2[nH]1. The summed E-state index contributed by atoms with van der Waals surface area (Å²) in [6.07, 6.45) is 1.39. The lowest BCUT2D eigenvalue weighted by atomic mass is 10.0. The van der Waals surface area contributed by atoms with Gasteiger partial charge in [-0.1, -0.05) is 44.2 Å². The Morgan fingerprint density at radius 2 is 1.85 bits per heavy atom. The second-order valence-electron chi connectivity index (χ2n) is 6.69. The highest BCUT2D eigenvalue weighted by Gasteiger charge is 2.21. The lowest BCUT2D eigenvalue weighted by Gasteiger charge is -2.20. The molecular formula is C21H25N3OS. The molecule has 5 heteroatoms. The zero-order valence-corrected chi connectivity index (χ0v) is 16.1. The fraction of sp³-hybridized carbons (Fsp3) is 0.333. The number of nitrogens with one attached hydrogen (secondary N) is 2. The van der Waals surface area contributed by atoms with E-state index in [0.717, 1.165) is 29.0 Å². The van der Waals surface area contributed by atoms with Gasteiger partial charge in [0.25, 0.3) is 0 Å². The summed E-state index contributed by atoms with van der Waals surface area (Å²) in [6, 6.07) is 18.1. The second-order valence-corrected chi connectivity index (χ2v) is 7.86. The van der Waals surface area contributed by atoms with Crippen LogP contribution in [0.3, 0.4) is 0 Å². The zero-order chi connectivity index (χ0) is 18.4. The number of carbonyl (C=O) groups is 1. The van der Waals surface area contributed by atoms with Crippen LogP contribution in [0.1, 0.15) is 38.6 Å². The molecular weight excluding hydrogens is 342 g/mol. The normalized spacial score (nSPS) is 12.4. The van der Waals surface area contributed by atoms with Crippen LogP contribution >= 0.6 is 11.8 Å². The molecule has 0 aliphatic rings. The van der Waals surface area contributed by atoms with E-state index in [-0.39, 0.29) is 17.9 Å². The Hall–Kier alpha value is -2.27. The van der Waals surface area contributed by atoms with Crippen LogP contribution in [0.4, 0.5) is 0 Å². The molecule has 1 heterocycles. The van der Waals surface area contributed by atoms with E-state index in [2.05, 4.69) is 41.3 Å². The third-order valence-electron chi connectivity index (χ3n) is 4.25. The summed E-state index contributed by atoms with van der Waals surface area (Å²) < 4.78 is 0. The van der Waals surface area contributed by atoms with E-state index in [9.17, 15) is 4.79 Å². The van der Waals surface area contributed by atoms with E-state index < -0.39 is 0 Å². The van der Waals surface area contributed by atoms with Gasteiger partial charge in [0.15, 0.2) is 0 Å². The average molecular weight is 368 g/mol. The maximum absolute atomic E-state index is 12.4. The molecule has 2 aromatic carbocycles. The number of carbonyl (C=O) groups excluding carboxylic acids is 1. The van der Waals surface area contributed by atoms with E-state index in [1.54, 1.807) is 11.8 Å². The summed E-state index contributed by atoms with van der Waals surface area (Å²) in [6.45, 7) is 4.20. The molecule has 0 saturated heterocycles. The quantitative estimate of drug-likeness (QED) is 0.437. The molecule has 0 aliphatic carbocycles. The molecule has 1 amide bonds. The zero-order valence-electron chi connectivity index (χ0n) is 15.2. The minimum absolute atomic E-state index is 0.0813. The van der Waals surface area contributed by atoms with E-state index in [4.69, 9.17) is 0 Å². The first kappa shape index (κ1) is 18.5. The van der Waals surface area contributed by atoms with Crippen LogP contribution in [-0.4, -0.2) is 21.6 Å². The van der Waals surface area contributed by atoms with Crippen molar-refractivity contribution >= 4 is 28.7 Å². The number of amides is 1. The number of hydrogen-bond acceptors (Lipinski definition) is 3. The molecule has 0 unspecified atom stereocenters. The van der Waals surface area contributed by atoms with Crippen LogP contribution in [0.25, 0.3) is 11.0 Å². The molecule has 0 radical (unpaired) electrons. The first-order chi connectivity index (χ1) is 12.6. The van der Waals surface area contributed by atoms with Crippen molar-refractivity contribution in [1.82, 2.24) is 15.3 Å². The summed E-state index contributed by atoms with van der Waals surface area (Å²) in [5.41, 5.74) is 1.93. The van der Waals surface area contributed by atoms with Crippen LogP contribution in [0, 0.1) is 5.92 Å². The number of aromatic amines is 1. The highest BCUT2D eigenvalue weighted by molar-refractivity contribution is 7.99. The maximum atomic E-state index is 12.4. The Kier molecular flexibility index (Phi) is 6.34.